The maximum atomic E-state index is 14.4. The highest BCUT2D eigenvalue weighted by Gasteiger charge is 2.34. The molecular weight excluding hydrogens is 574 g/mol. The predicted octanol–water partition coefficient (Wildman–Crippen LogP) is 3.67. The zero-order valence-electron chi connectivity index (χ0n) is 25.0. The summed E-state index contributed by atoms with van der Waals surface area (Å²) in [6, 6.07) is 20.5. The van der Waals surface area contributed by atoms with Crippen LogP contribution in [0.5, 0.6) is 5.75 Å². The van der Waals surface area contributed by atoms with Gasteiger partial charge in [0, 0.05) is 38.5 Å². The van der Waals surface area contributed by atoms with Crippen molar-refractivity contribution in [1.29, 1.82) is 0 Å². The monoisotopic (exact) mass is 607 g/mol. The Morgan fingerprint density at radius 3 is 2.58 bits per heavy atom. The fraction of sp³-hybridized carbons (Fsp3) is 0.281. The standard InChI is InChI=1S/C32H33N9O4/c1-21-20-38(14-15-39(21)23-10-12-24(13-11-23)44-18-17-43-2)31(42)27(22-7-4-3-5-8-22)40-30-25(19-34-40)29-35-28(26-9-6-16-45-26)37-41(29)32(33)36-30/h3-13,16,19,21,27H,14-15,17-18,20H2,1-2H3,(H2,33,36)/t21-,27?/m1/s1. The Hall–Kier alpha value is -5.43. The molecule has 13 nitrogen and oxygen atoms in total. The molecular formula is C32H33N9O4. The van der Waals surface area contributed by atoms with Crippen molar-refractivity contribution in [2.45, 2.75) is 19.0 Å². The summed E-state index contributed by atoms with van der Waals surface area (Å²) in [5.41, 5.74) is 9.17. The molecule has 13 heteroatoms. The molecule has 1 aliphatic heterocycles. The summed E-state index contributed by atoms with van der Waals surface area (Å²) in [7, 11) is 1.65. The van der Waals surface area contributed by atoms with E-state index in [1.54, 1.807) is 36.4 Å². The van der Waals surface area contributed by atoms with Crippen molar-refractivity contribution < 1.29 is 18.7 Å². The molecule has 1 amide bonds. The molecule has 45 heavy (non-hydrogen) atoms. The van der Waals surface area contributed by atoms with Crippen LogP contribution in [0.4, 0.5) is 11.6 Å². The van der Waals surface area contributed by atoms with Crippen molar-refractivity contribution in [2.75, 3.05) is 50.6 Å². The van der Waals surface area contributed by atoms with Gasteiger partial charge in [0.15, 0.2) is 23.1 Å². The number of hydrogen-bond donors (Lipinski definition) is 1. The van der Waals surface area contributed by atoms with E-state index in [2.05, 4.69) is 44.1 Å². The number of carbonyl (C=O) groups is 1. The first kappa shape index (κ1) is 28.3. The van der Waals surface area contributed by atoms with Gasteiger partial charge in [-0.3, -0.25) is 4.79 Å². The summed E-state index contributed by atoms with van der Waals surface area (Å²) >= 11 is 0. The average Bonchev–Trinajstić information content (AvgIpc) is 3.83. The van der Waals surface area contributed by atoms with Crippen LogP contribution in [0.25, 0.3) is 28.3 Å². The van der Waals surface area contributed by atoms with Crippen LogP contribution in [0, 0.1) is 0 Å². The van der Waals surface area contributed by atoms with E-state index in [-0.39, 0.29) is 17.9 Å². The van der Waals surface area contributed by atoms with E-state index in [1.165, 1.54) is 4.52 Å². The zero-order valence-corrected chi connectivity index (χ0v) is 25.0. The lowest BCUT2D eigenvalue weighted by Gasteiger charge is -2.42. The van der Waals surface area contributed by atoms with E-state index >= 15 is 0 Å². The molecule has 1 aliphatic rings. The Bertz CT molecular complexity index is 1920. The molecule has 1 fully saturated rings. The number of nitrogens with two attached hydrogens (primary N) is 1. The highest BCUT2D eigenvalue weighted by Crippen LogP contribution is 2.30. The zero-order chi connectivity index (χ0) is 30.9. The second-order valence-electron chi connectivity index (χ2n) is 10.9. The molecule has 1 unspecified atom stereocenters. The van der Waals surface area contributed by atoms with Gasteiger partial charge in [0.2, 0.25) is 11.8 Å². The van der Waals surface area contributed by atoms with E-state index in [1.807, 2.05) is 47.4 Å². The van der Waals surface area contributed by atoms with E-state index < -0.39 is 6.04 Å². The van der Waals surface area contributed by atoms with Gasteiger partial charge < -0.3 is 29.4 Å². The smallest absolute Gasteiger partial charge is 0.252 e. The number of methoxy groups -OCH3 is 1. The maximum absolute atomic E-state index is 14.4. The van der Waals surface area contributed by atoms with Gasteiger partial charge in [0.25, 0.3) is 5.91 Å². The van der Waals surface area contributed by atoms with Crippen LogP contribution in [-0.2, 0) is 9.53 Å². The van der Waals surface area contributed by atoms with Gasteiger partial charge >= 0.3 is 0 Å². The number of hydrogen-bond acceptors (Lipinski definition) is 10. The number of nitrogen functional groups attached to an aromatic ring is 1. The minimum atomic E-state index is -0.757. The minimum Gasteiger partial charge on any atom is -0.491 e. The van der Waals surface area contributed by atoms with Crippen LogP contribution in [0.3, 0.4) is 0 Å². The molecule has 4 aromatic heterocycles. The van der Waals surface area contributed by atoms with Crippen molar-refractivity contribution >= 4 is 34.2 Å². The highest BCUT2D eigenvalue weighted by molar-refractivity contribution is 5.92. The van der Waals surface area contributed by atoms with Crippen molar-refractivity contribution in [3.8, 4) is 17.3 Å². The van der Waals surface area contributed by atoms with Crippen LogP contribution < -0.4 is 15.4 Å². The molecule has 6 aromatic rings. The lowest BCUT2D eigenvalue weighted by Crippen LogP contribution is -2.55. The molecule has 0 bridgehead atoms. The summed E-state index contributed by atoms with van der Waals surface area (Å²) in [6.45, 7) is 4.94. The van der Waals surface area contributed by atoms with Crippen molar-refractivity contribution in [3.63, 3.8) is 0 Å². The first-order valence-electron chi connectivity index (χ1n) is 14.8. The van der Waals surface area contributed by atoms with Crippen LogP contribution in [0.2, 0.25) is 0 Å². The largest absolute Gasteiger partial charge is 0.491 e. The third kappa shape index (κ3) is 5.31. The molecule has 7 rings (SSSR count). The number of piperazine rings is 1. The third-order valence-corrected chi connectivity index (χ3v) is 8.05. The topological polar surface area (TPSA) is 142 Å². The van der Waals surface area contributed by atoms with Gasteiger partial charge in [0.05, 0.1) is 24.5 Å². The normalized spacial score (nSPS) is 16.0. The van der Waals surface area contributed by atoms with E-state index in [0.29, 0.717) is 61.1 Å². The summed E-state index contributed by atoms with van der Waals surface area (Å²) in [6.07, 6.45) is 3.22. The second kappa shape index (κ2) is 11.9. The first-order chi connectivity index (χ1) is 22.0. The SMILES string of the molecule is COCCOc1ccc(N2CCN(C(=O)C(c3ccccc3)n3ncc4c3nc(N)n3nc(-c5ccco5)nc43)C[C@H]2C)cc1. The van der Waals surface area contributed by atoms with Crippen LogP contribution in [0.15, 0.2) is 83.6 Å². The van der Waals surface area contributed by atoms with Gasteiger partial charge in [-0.15, -0.1) is 5.10 Å². The number of ether oxygens (including phenoxy) is 2. The molecule has 0 spiro atoms. The number of carbonyl (C=O) groups excluding carboxylic acids is 1. The highest BCUT2D eigenvalue weighted by atomic mass is 16.5. The van der Waals surface area contributed by atoms with Gasteiger partial charge in [-0.2, -0.15) is 14.6 Å². The molecule has 5 heterocycles. The molecule has 2 N–H and O–H groups in total. The first-order valence-corrected chi connectivity index (χ1v) is 14.8. The average molecular weight is 608 g/mol. The Morgan fingerprint density at radius 2 is 1.84 bits per heavy atom. The summed E-state index contributed by atoms with van der Waals surface area (Å²) < 4.78 is 19.4. The fourth-order valence-electron chi connectivity index (χ4n) is 5.84. The third-order valence-electron chi connectivity index (χ3n) is 8.05. The molecule has 2 aromatic carbocycles. The summed E-state index contributed by atoms with van der Waals surface area (Å²) in [4.78, 5) is 27.9. The number of furan rings is 1. The second-order valence-corrected chi connectivity index (χ2v) is 10.9. The number of amides is 1. The Balaban J connectivity index is 1.18. The molecule has 230 valence electrons. The van der Waals surface area contributed by atoms with Gasteiger partial charge in [-0.05, 0) is 48.9 Å². The molecule has 1 saturated heterocycles. The minimum absolute atomic E-state index is 0.0717. The maximum Gasteiger partial charge on any atom is 0.252 e. The Kier molecular flexibility index (Phi) is 7.51. The number of rotatable bonds is 9. The van der Waals surface area contributed by atoms with Gasteiger partial charge in [-0.1, -0.05) is 30.3 Å². The summed E-state index contributed by atoms with van der Waals surface area (Å²) in [5.74, 6) is 1.74. The molecule has 0 aliphatic carbocycles. The number of benzene rings is 2. The molecule has 0 saturated carbocycles. The van der Waals surface area contributed by atoms with Crippen LogP contribution in [0.1, 0.15) is 18.5 Å². The lowest BCUT2D eigenvalue weighted by atomic mass is 10.0. The van der Waals surface area contributed by atoms with E-state index in [4.69, 9.17) is 19.6 Å². The number of nitrogens with zero attached hydrogens (tertiary/aromatic N) is 8. The number of fused-ring (bicyclic) bond motifs is 3. The van der Waals surface area contributed by atoms with Crippen molar-refractivity contribution in [3.05, 3.63) is 84.8 Å². The van der Waals surface area contributed by atoms with Gasteiger partial charge in [-0.25, -0.2) is 9.67 Å². The van der Waals surface area contributed by atoms with Gasteiger partial charge in [0.1, 0.15) is 12.4 Å². The van der Waals surface area contributed by atoms with E-state index in [0.717, 1.165) is 17.0 Å². The molecule has 0 radical (unpaired) electrons. The van der Waals surface area contributed by atoms with Crippen molar-refractivity contribution in [1.82, 2.24) is 34.3 Å². The Morgan fingerprint density at radius 1 is 1.02 bits per heavy atom. The lowest BCUT2D eigenvalue weighted by molar-refractivity contribution is -0.134. The summed E-state index contributed by atoms with van der Waals surface area (Å²) in [5, 5.41) is 9.79. The number of aromatic nitrogens is 6. The van der Waals surface area contributed by atoms with Crippen LogP contribution in [-0.4, -0.2) is 86.2 Å². The van der Waals surface area contributed by atoms with Crippen LogP contribution >= 0.6 is 0 Å². The molecule has 2 atom stereocenters. The van der Waals surface area contributed by atoms with E-state index in [9.17, 15) is 4.79 Å². The fourth-order valence-corrected chi connectivity index (χ4v) is 5.84. The Labute approximate surface area is 258 Å². The van der Waals surface area contributed by atoms with Crippen molar-refractivity contribution in [2.24, 2.45) is 0 Å². The quantitative estimate of drug-likeness (QED) is 0.242. The predicted molar refractivity (Wildman–Crippen MR) is 168 cm³/mol. The number of anilines is 2.